The van der Waals surface area contributed by atoms with Gasteiger partial charge in [-0.3, -0.25) is 5.10 Å². The molecule has 33 heavy (non-hydrogen) atoms. The molecule has 1 saturated heterocycles. The summed E-state index contributed by atoms with van der Waals surface area (Å²) >= 11 is 1.91. The van der Waals surface area contributed by atoms with Crippen molar-refractivity contribution in [3.8, 4) is 11.8 Å². The molecular formula is C23H24FN7OS. The summed E-state index contributed by atoms with van der Waals surface area (Å²) in [7, 11) is 0. The van der Waals surface area contributed by atoms with Gasteiger partial charge in [0.15, 0.2) is 17.4 Å². The summed E-state index contributed by atoms with van der Waals surface area (Å²) in [6.45, 7) is 5.57. The Hall–Kier alpha value is -3.53. The van der Waals surface area contributed by atoms with Gasteiger partial charge in [0.2, 0.25) is 0 Å². The summed E-state index contributed by atoms with van der Waals surface area (Å²) < 4.78 is 21.0. The van der Waals surface area contributed by atoms with E-state index in [0.29, 0.717) is 17.0 Å². The van der Waals surface area contributed by atoms with Crippen LogP contribution in [-0.2, 0) is 0 Å². The normalized spacial score (nSPS) is 14.3. The molecule has 0 atom stereocenters. The Morgan fingerprint density at radius 3 is 2.82 bits per heavy atom. The molecule has 3 aromatic heterocycles. The van der Waals surface area contributed by atoms with Gasteiger partial charge in [-0.1, -0.05) is 6.08 Å². The number of aryl methyl sites for hydroxylation is 1. The van der Waals surface area contributed by atoms with Gasteiger partial charge in [0.05, 0.1) is 5.69 Å². The molecule has 4 aromatic rings. The van der Waals surface area contributed by atoms with Crippen LogP contribution in [0.4, 0.5) is 21.8 Å². The van der Waals surface area contributed by atoms with Gasteiger partial charge in [-0.15, -0.1) is 0 Å². The van der Waals surface area contributed by atoms with Crippen LogP contribution in [0.15, 0.2) is 36.4 Å². The zero-order valence-electron chi connectivity index (χ0n) is 18.4. The average molecular weight is 466 g/mol. The van der Waals surface area contributed by atoms with Gasteiger partial charge in [-0.2, -0.15) is 26.8 Å². The van der Waals surface area contributed by atoms with Crippen molar-refractivity contribution in [2.24, 2.45) is 0 Å². The summed E-state index contributed by atoms with van der Waals surface area (Å²) in [4.78, 5) is 14.4. The van der Waals surface area contributed by atoms with Gasteiger partial charge >= 0.3 is 6.01 Å². The summed E-state index contributed by atoms with van der Waals surface area (Å²) in [5.41, 5.74) is 2.47. The van der Waals surface area contributed by atoms with Crippen molar-refractivity contribution < 1.29 is 9.13 Å². The van der Waals surface area contributed by atoms with E-state index in [0.717, 1.165) is 47.3 Å². The molecule has 0 spiro atoms. The smallest absolute Gasteiger partial charge is 0.326 e. The number of nitrogens with zero attached hydrogens (tertiary/aromatic N) is 4. The summed E-state index contributed by atoms with van der Waals surface area (Å²) in [5.74, 6) is 3.53. The number of aromatic amines is 2. The highest BCUT2D eigenvalue weighted by molar-refractivity contribution is 7.99. The Labute approximate surface area is 194 Å². The number of halogens is 1. The van der Waals surface area contributed by atoms with Crippen molar-refractivity contribution in [1.29, 1.82) is 0 Å². The maximum Gasteiger partial charge on any atom is 0.326 e. The van der Waals surface area contributed by atoms with E-state index < -0.39 is 5.82 Å². The fourth-order valence-electron chi connectivity index (χ4n) is 3.74. The number of ether oxygens (including phenoxy) is 1. The number of H-pyrrole nitrogens is 2. The van der Waals surface area contributed by atoms with E-state index >= 15 is 4.39 Å². The zero-order valence-corrected chi connectivity index (χ0v) is 19.2. The van der Waals surface area contributed by atoms with Crippen molar-refractivity contribution in [1.82, 2.24) is 25.1 Å². The highest BCUT2D eigenvalue weighted by Crippen LogP contribution is 2.31. The molecule has 1 aliphatic heterocycles. The van der Waals surface area contributed by atoms with Crippen LogP contribution in [-0.4, -0.2) is 49.7 Å². The molecule has 0 bridgehead atoms. The predicted octanol–water partition coefficient (Wildman–Crippen LogP) is 5.25. The first kappa shape index (κ1) is 21.3. The molecule has 4 heterocycles. The van der Waals surface area contributed by atoms with E-state index in [-0.39, 0.29) is 11.8 Å². The number of hydrogen-bond donors (Lipinski definition) is 3. The Morgan fingerprint density at radius 1 is 1.15 bits per heavy atom. The highest BCUT2D eigenvalue weighted by atomic mass is 32.2. The number of allylic oxidation sites excluding steroid dienone is 1. The lowest BCUT2D eigenvalue weighted by molar-refractivity contribution is 0.414. The van der Waals surface area contributed by atoms with Crippen molar-refractivity contribution in [3.05, 3.63) is 53.6 Å². The number of anilines is 3. The number of hydrogen-bond acceptors (Lipinski definition) is 7. The number of benzene rings is 1. The van der Waals surface area contributed by atoms with E-state index in [9.17, 15) is 0 Å². The van der Waals surface area contributed by atoms with E-state index in [1.807, 2.05) is 49.9 Å². The molecule has 0 aliphatic carbocycles. The second-order valence-corrected chi connectivity index (χ2v) is 8.94. The molecule has 0 amide bonds. The van der Waals surface area contributed by atoms with Crippen LogP contribution in [0.3, 0.4) is 0 Å². The van der Waals surface area contributed by atoms with E-state index in [1.54, 1.807) is 18.2 Å². The Kier molecular flexibility index (Phi) is 5.91. The number of rotatable bonds is 6. The van der Waals surface area contributed by atoms with Gasteiger partial charge in [0.25, 0.3) is 0 Å². The molecule has 170 valence electrons. The summed E-state index contributed by atoms with van der Waals surface area (Å²) in [5, 5.41) is 10.9. The van der Waals surface area contributed by atoms with Crippen LogP contribution in [0.2, 0.25) is 0 Å². The van der Waals surface area contributed by atoms with E-state index in [1.165, 1.54) is 0 Å². The second kappa shape index (κ2) is 9.14. The minimum absolute atomic E-state index is 0.0722. The van der Waals surface area contributed by atoms with Crippen LogP contribution in [0.25, 0.3) is 17.0 Å². The number of fused-ring (bicyclic) bond motifs is 1. The highest BCUT2D eigenvalue weighted by Gasteiger charge is 2.18. The molecule has 0 saturated carbocycles. The van der Waals surface area contributed by atoms with Crippen LogP contribution >= 0.6 is 11.8 Å². The summed E-state index contributed by atoms with van der Waals surface area (Å²) in [6.07, 6.45) is 3.85. The fraction of sp³-hybridized carbons (Fsp3) is 0.261. The molecule has 3 N–H and O–H groups in total. The number of nitrogens with one attached hydrogen (secondary N) is 3. The average Bonchev–Trinajstić information content (AvgIpc) is 3.42. The first-order chi connectivity index (χ1) is 16.1. The van der Waals surface area contributed by atoms with Crippen molar-refractivity contribution in [3.63, 3.8) is 0 Å². The lowest BCUT2D eigenvalue weighted by Gasteiger charge is -2.27. The lowest BCUT2D eigenvalue weighted by Crippen LogP contribution is -2.33. The van der Waals surface area contributed by atoms with Gasteiger partial charge < -0.3 is 19.9 Å². The molecular weight excluding hydrogens is 441 g/mol. The third kappa shape index (κ3) is 4.65. The van der Waals surface area contributed by atoms with Crippen LogP contribution in [0.5, 0.6) is 11.8 Å². The quantitative estimate of drug-likeness (QED) is 0.358. The van der Waals surface area contributed by atoms with Crippen molar-refractivity contribution in [2.75, 3.05) is 34.8 Å². The topological polar surface area (TPSA) is 94.8 Å². The number of aromatic nitrogens is 5. The largest absolute Gasteiger partial charge is 0.421 e. The Morgan fingerprint density at radius 2 is 2.00 bits per heavy atom. The molecule has 1 aromatic carbocycles. The number of thioether (sulfide) groups is 1. The first-order valence-corrected chi connectivity index (χ1v) is 11.9. The van der Waals surface area contributed by atoms with Crippen LogP contribution in [0, 0.1) is 12.7 Å². The molecule has 0 radical (unpaired) electrons. The third-order valence-corrected chi connectivity index (χ3v) is 6.21. The Bertz CT molecular complexity index is 1310. The zero-order chi connectivity index (χ0) is 22.8. The van der Waals surface area contributed by atoms with Crippen LogP contribution in [0.1, 0.15) is 18.3 Å². The monoisotopic (exact) mass is 465 g/mol. The Balaban J connectivity index is 1.48. The molecule has 10 heteroatoms. The van der Waals surface area contributed by atoms with Crippen molar-refractivity contribution >= 4 is 46.2 Å². The minimum atomic E-state index is -0.446. The molecule has 5 rings (SSSR count). The predicted molar refractivity (Wildman–Crippen MR) is 131 cm³/mol. The van der Waals surface area contributed by atoms with Gasteiger partial charge in [0.1, 0.15) is 11.6 Å². The molecule has 8 nitrogen and oxygen atoms in total. The van der Waals surface area contributed by atoms with Crippen LogP contribution < -0.4 is 15.0 Å². The molecule has 0 unspecified atom stereocenters. The maximum absolute atomic E-state index is 15.1. The van der Waals surface area contributed by atoms with Crippen molar-refractivity contribution in [2.45, 2.75) is 13.8 Å². The standard InChI is InChI=1S/C23H24FN7OS/c1-3-4-15-12-20(30-29-15)26-19-13-21(31-7-9-33-10-8-31)28-23(27-19)32-18-6-5-17-16(22(18)24)11-14(2)25-17/h3-6,11-13,25H,7-10H2,1-2H3,(H2,26,27,28,29,30)/b4-3+. The van der Waals surface area contributed by atoms with E-state index in [4.69, 9.17) is 4.74 Å². The van der Waals surface area contributed by atoms with E-state index in [2.05, 4.69) is 35.4 Å². The lowest BCUT2D eigenvalue weighted by atomic mass is 10.2. The fourth-order valence-corrected chi connectivity index (χ4v) is 4.64. The third-order valence-electron chi connectivity index (χ3n) is 5.27. The minimum Gasteiger partial charge on any atom is -0.421 e. The summed E-state index contributed by atoms with van der Waals surface area (Å²) in [6, 6.07) is 8.95. The molecule has 1 aliphatic rings. The molecule has 1 fully saturated rings. The van der Waals surface area contributed by atoms with Gasteiger partial charge in [0, 0.05) is 53.3 Å². The van der Waals surface area contributed by atoms with Gasteiger partial charge in [-0.05, 0) is 38.1 Å². The second-order valence-electron chi connectivity index (χ2n) is 7.72. The van der Waals surface area contributed by atoms with Gasteiger partial charge in [-0.25, -0.2) is 4.39 Å². The maximum atomic E-state index is 15.1. The SMILES string of the molecule is C/C=C/c1cc(Nc2cc(N3CCSCC3)nc(Oc3ccc4[nH]c(C)cc4c3F)n2)n[nH]1. The first-order valence-electron chi connectivity index (χ1n) is 10.7.